The molecule has 0 radical (unpaired) electrons. The minimum Gasteiger partial charge on any atom is -0.393 e. The summed E-state index contributed by atoms with van der Waals surface area (Å²) in [6.07, 6.45) is -0.193. The number of rotatable bonds is 1. The van der Waals surface area contributed by atoms with Gasteiger partial charge >= 0.3 is 11.9 Å². The van der Waals surface area contributed by atoms with E-state index in [1.807, 2.05) is 0 Å². The molecular formula is C10H6F2O3. The lowest BCUT2D eigenvalue weighted by Crippen LogP contribution is -2.07. The number of ether oxygens (including phenoxy) is 1. The van der Waals surface area contributed by atoms with Crippen molar-refractivity contribution in [2.24, 2.45) is 0 Å². The van der Waals surface area contributed by atoms with Gasteiger partial charge in [0, 0.05) is 11.6 Å². The Bertz CT molecular complexity index is 442. The highest BCUT2D eigenvalue weighted by Crippen LogP contribution is 2.29. The minimum absolute atomic E-state index is 0.00718. The molecule has 0 bridgehead atoms. The van der Waals surface area contributed by atoms with Crippen molar-refractivity contribution in [3.63, 3.8) is 0 Å². The zero-order valence-electron chi connectivity index (χ0n) is 7.50. The van der Waals surface area contributed by atoms with Crippen LogP contribution in [0.1, 0.15) is 17.9 Å². The Labute approximate surface area is 83.7 Å². The maximum Gasteiger partial charge on any atom is 0.321 e. The molecule has 0 aliphatic carbocycles. The van der Waals surface area contributed by atoms with Crippen molar-refractivity contribution >= 4 is 11.9 Å². The summed E-state index contributed by atoms with van der Waals surface area (Å²) in [6.45, 7) is 0. The first-order valence-electron chi connectivity index (χ1n) is 4.27. The highest BCUT2D eigenvalue weighted by Gasteiger charge is 2.36. The summed E-state index contributed by atoms with van der Waals surface area (Å²) in [5, 5.41) is 0. The van der Waals surface area contributed by atoms with Gasteiger partial charge in [0.25, 0.3) is 0 Å². The molecule has 1 aliphatic rings. The van der Waals surface area contributed by atoms with Crippen LogP contribution in [0.3, 0.4) is 0 Å². The van der Waals surface area contributed by atoms with Crippen LogP contribution >= 0.6 is 0 Å². The third kappa shape index (κ3) is 1.72. The lowest BCUT2D eigenvalue weighted by molar-refractivity contribution is -0.152. The zero-order chi connectivity index (χ0) is 11.0. The maximum atomic E-state index is 13.2. The second kappa shape index (κ2) is 3.42. The Morgan fingerprint density at radius 3 is 2.53 bits per heavy atom. The third-order valence-electron chi connectivity index (χ3n) is 2.21. The number of carbonyl (C=O) groups is 2. The van der Waals surface area contributed by atoms with Gasteiger partial charge in [0.05, 0.1) is 12.3 Å². The fraction of sp³-hybridized carbons (Fsp3) is 0.200. The van der Waals surface area contributed by atoms with Gasteiger partial charge in [-0.1, -0.05) is 6.07 Å². The van der Waals surface area contributed by atoms with E-state index in [1.54, 1.807) is 0 Å². The number of cyclic esters (lactones) is 2. The fourth-order valence-corrected chi connectivity index (χ4v) is 1.50. The van der Waals surface area contributed by atoms with E-state index >= 15 is 0 Å². The van der Waals surface area contributed by atoms with E-state index in [0.29, 0.717) is 6.07 Å². The van der Waals surface area contributed by atoms with E-state index in [1.165, 1.54) is 0 Å². The molecule has 0 saturated carbocycles. The molecule has 2 rings (SSSR count). The molecule has 1 unspecified atom stereocenters. The first kappa shape index (κ1) is 9.76. The highest BCUT2D eigenvalue weighted by molar-refractivity contribution is 5.97. The largest absolute Gasteiger partial charge is 0.393 e. The van der Waals surface area contributed by atoms with Gasteiger partial charge < -0.3 is 4.74 Å². The normalized spacial score (nSPS) is 20.5. The van der Waals surface area contributed by atoms with E-state index in [2.05, 4.69) is 4.74 Å². The molecule has 0 N–H and O–H groups in total. The van der Waals surface area contributed by atoms with Crippen molar-refractivity contribution in [3.05, 3.63) is 35.4 Å². The van der Waals surface area contributed by atoms with E-state index in [9.17, 15) is 18.4 Å². The van der Waals surface area contributed by atoms with Crippen LogP contribution in [0.2, 0.25) is 0 Å². The number of carbonyl (C=O) groups excluding carboxylic acids is 2. The monoisotopic (exact) mass is 212 g/mol. The molecule has 0 aromatic heterocycles. The van der Waals surface area contributed by atoms with Crippen molar-refractivity contribution in [1.29, 1.82) is 0 Å². The van der Waals surface area contributed by atoms with Crippen LogP contribution in [-0.2, 0) is 14.3 Å². The molecular weight excluding hydrogens is 206 g/mol. The van der Waals surface area contributed by atoms with Gasteiger partial charge in [-0.3, -0.25) is 9.59 Å². The van der Waals surface area contributed by atoms with Crippen molar-refractivity contribution < 1.29 is 23.1 Å². The first-order valence-corrected chi connectivity index (χ1v) is 4.27. The van der Waals surface area contributed by atoms with E-state index in [-0.39, 0.29) is 12.0 Å². The lowest BCUT2D eigenvalue weighted by atomic mass is 9.97. The predicted molar refractivity (Wildman–Crippen MR) is 44.8 cm³/mol. The second-order valence-electron chi connectivity index (χ2n) is 3.22. The third-order valence-corrected chi connectivity index (χ3v) is 2.21. The first-order chi connectivity index (χ1) is 7.08. The molecule has 15 heavy (non-hydrogen) atoms. The number of esters is 2. The minimum atomic E-state index is -0.946. The number of hydrogen-bond donors (Lipinski definition) is 0. The van der Waals surface area contributed by atoms with Crippen LogP contribution in [0.15, 0.2) is 18.2 Å². The van der Waals surface area contributed by atoms with Gasteiger partial charge in [-0.15, -0.1) is 0 Å². The molecule has 0 spiro atoms. The smallest absolute Gasteiger partial charge is 0.321 e. The van der Waals surface area contributed by atoms with Gasteiger partial charge in [0.2, 0.25) is 0 Å². The second-order valence-corrected chi connectivity index (χ2v) is 3.22. The van der Waals surface area contributed by atoms with Crippen molar-refractivity contribution in [2.45, 2.75) is 12.3 Å². The molecule has 1 saturated heterocycles. The van der Waals surface area contributed by atoms with E-state index in [0.717, 1.165) is 12.1 Å². The van der Waals surface area contributed by atoms with Gasteiger partial charge in [0.1, 0.15) is 11.6 Å². The van der Waals surface area contributed by atoms with Crippen LogP contribution in [0, 0.1) is 11.6 Å². The quantitative estimate of drug-likeness (QED) is 0.523. The van der Waals surface area contributed by atoms with Gasteiger partial charge in [-0.25, -0.2) is 8.78 Å². The summed E-state index contributed by atoms with van der Waals surface area (Å²) in [6, 6.07) is 2.86. The van der Waals surface area contributed by atoms with Crippen LogP contribution in [0.25, 0.3) is 0 Å². The molecule has 1 atom stereocenters. The average Bonchev–Trinajstić information content (AvgIpc) is 2.45. The molecule has 3 nitrogen and oxygen atoms in total. The average molecular weight is 212 g/mol. The van der Waals surface area contributed by atoms with Gasteiger partial charge in [-0.2, -0.15) is 0 Å². The Kier molecular flexibility index (Phi) is 2.22. The number of hydrogen-bond acceptors (Lipinski definition) is 3. The lowest BCUT2D eigenvalue weighted by Gasteiger charge is -2.05. The van der Waals surface area contributed by atoms with Crippen LogP contribution < -0.4 is 0 Å². The topological polar surface area (TPSA) is 43.4 Å². The summed E-state index contributed by atoms with van der Waals surface area (Å²) >= 11 is 0. The Morgan fingerprint density at radius 2 is 2.00 bits per heavy atom. The van der Waals surface area contributed by atoms with E-state index in [4.69, 9.17) is 0 Å². The maximum absolute atomic E-state index is 13.2. The predicted octanol–water partition coefficient (Wildman–Crippen LogP) is 1.52. The van der Waals surface area contributed by atoms with Crippen LogP contribution in [-0.4, -0.2) is 11.9 Å². The van der Waals surface area contributed by atoms with Crippen molar-refractivity contribution in [2.75, 3.05) is 0 Å². The summed E-state index contributed by atoms with van der Waals surface area (Å²) in [7, 11) is 0. The Morgan fingerprint density at radius 1 is 1.27 bits per heavy atom. The van der Waals surface area contributed by atoms with Crippen LogP contribution in [0.4, 0.5) is 8.78 Å². The van der Waals surface area contributed by atoms with E-state index < -0.39 is 29.5 Å². The molecule has 1 aromatic carbocycles. The van der Waals surface area contributed by atoms with Crippen molar-refractivity contribution in [3.8, 4) is 0 Å². The molecule has 5 heteroatoms. The molecule has 1 aromatic rings. The number of halogens is 2. The number of benzene rings is 1. The fourth-order valence-electron chi connectivity index (χ4n) is 1.50. The summed E-state index contributed by atoms with van der Waals surface area (Å²) in [5.74, 6) is -3.99. The molecule has 1 aliphatic heterocycles. The molecule has 78 valence electrons. The van der Waals surface area contributed by atoms with Crippen LogP contribution in [0.5, 0.6) is 0 Å². The Hall–Kier alpha value is -1.78. The molecule has 1 fully saturated rings. The highest BCUT2D eigenvalue weighted by atomic mass is 19.1. The van der Waals surface area contributed by atoms with Gasteiger partial charge in [0.15, 0.2) is 0 Å². The summed E-state index contributed by atoms with van der Waals surface area (Å²) in [4.78, 5) is 21.9. The molecule has 1 heterocycles. The summed E-state index contributed by atoms with van der Waals surface area (Å²) < 4.78 is 30.1. The molecule has 0 amide bonds. The Balaban J connectivity index is 2.38. The zero-order valence-corrected chi connectivity index (χ0v) is 7.50. The van der Waals surface area contributed by atoms with Crippen molar-refractivity contribution in [1.82, 2.24) is 0 Å². The summed E-state index contributed by atoms with van der Waals surface area (Å²) in [5.41, 5.74) is -0.00718. The standard InChI is InChI=1S/C10H6F2O3/c11-5-1-2-6(8(12)3-5)7-4-9(13)15-10(7)14/h1-3,7H,4H2. The van der Waals surface area contributed by atoms with Gasteiger partial charge in [-0.05, 0) is 6.07 Å². The SMILES string of the molecule is O=C1CC(c2ccc(F)cc2F)C(=O)O1.